The summed E-state index contributed by atoms with van der Waals surface area (Å²) >= 11 is 0. The molecule has 0 unspecified atom stereocenters. The van der Waals surface area contributed by atoms with Crippen LogP contribution < -0.4 is 0 Å². The first kappa shape index (κ1) is 9.54. The van der Waals surface area contributed by atoms with E-state index in [0.717, 1.165) is 0 Å². The SMILES string of the molecule is C=C/C(C(=O)OC)=C(\C=C)N1CO1. The summed E-state index contributed by atoms with van der Waals surface area (Å²) in [5.41, 5.74) is 0.942. The highest BCUT2D eigenvalue weighted by Crippen LogP contribution is 2.22. The maximum absolute atomic E-state index is 11.2. The lowest BCUT2D eigenvalue weighted by molar-refractivity contribution is -0.135. The number of hydrogen-bond acceptors (Lipinski definition) is 4. The van der Waals surface area contributed by atoms with Gasteiger partial charge in [0.1, 0.15) is 0 Å². The Kier molecular flexibility index (Phi) is 2.87. The molecule has 0 bridgehead atoms. The van der Waals surface area contributed by atoms with Gasteiger partial charge in [0.05, 0.1) is 18.4 Å². The summed E-state index contributed by atoms with van der Waals surface area (Å²) in [6.07, 6.45) is 2.95. The summed E-state index contributed by atoms with van der Waals surface area (Å²) in [4.78, 5) is 16.1. The van der Waals surface area contributed by atoms with E-state index in [1.165, 1.54) is 24.3 Å². The average molecular weight is 181 g/mol. The molecule has 1 aliphatic heterocycles. The molecule has 0 aromatic carbocycles. The van der Waals surface area contributed by atoms with Crippen molar-refractivity contribution in [3.8, 4) is 0 Å². The lowest BCUT2D eigenvalue weighted by atomic mass is 10.2. The van der Waals surface area contributed by atoms with Crippen molar-refractivity contribution < 1.29 is 14.4 Å². The number of esters is 1. The van der Waals surface area contributed by atoms with Crippen molar-refractivity contribution in [2.45, 2.75) is 0 Å². The number of carbonyl (C=O) groups is 1. The van der Waals surface area contributed by atoms with Gasteiger partial charge in [-0.25, -0.2) is 14.7 Å². The van der Waals surface area contributed by atoms with Crippen LogP contribution in [-0.4, -0.2) is 24.9 Å². The van der Waals surface area contributed by atoms with Gasteiger partial charge in [-0.05, 0) is 6.08 Å². The van der Waals surface area contributed by atoms with Crippen LogP contribution in [0.2, 0.25) is 0 Å². The molecule has 1 rings (SSSR count). The largest absolute Gasteiger partial charge is 0.465 e. The van der Waals surface area contributed by atoms with Crippen LogP contribution in [0.3, 0.4) is 0 Å². The Balaban J connectivity index is 2.97. The third-order valence-electron chi connectivity index (χ3n) is 1.61. The molecular weight excluding hydrogens is 170 g/mol. The second-order valence-electron chi connectivity index (χ2n) is 2.34. The Hall–Kier alpha value is -1.55. The van der Waals surface area contributed by atoms with Gasteiger partial charge in [-0.15, -0.1) is 0 Å². The molecule has 0 aromatic heterocycles. The molecule has 0 N–H and O–H groups in total. The Morgan fingerprint density at radius 2 is 2.15 bits per heavy atom. The van der Waals surface area contributed by atoms with Crippen molar-refractivity contribution in [1.29, 1.82) is 0 Å². The molecule has 1 saturated heterocycles. The lowest BCUT2D eigenvalue weighted by Gasteiger charge is -2.05. The fraction of sp³-hybridized carbons (Fsp3) is 0.222. The normalized spacial score (nSPS) is 15.9. The van der Waals surface area contributed by atoms with Crippen LogP contribution in [0, 0.1) is 0 Å². The molecule has 4 heteroatoms. The Bertz CT molecular complexity index is 277. The number of hydroxylamine groups is 2. The second kappa shape index (κ2) is 3.91. The van der Waals surface area contributed by atoms with Crippen molar-refractivity contribution in [3.63, 3.8) is 0 Å². The molecule has 0 aliphatic carbocycles. The van der Waals surface area contributed by atoms with E-state index < -0.39 is 5.97 Å². The maximum Gasteiger partial charge on any atom is 0.340 e. The lowest BCUT2D eigenvalue weighted by Crippen LogP contribution is -2.08. The number of hydrogen-bond donors (Lipinski definition) is 0. The number of allylic oxidation sites excluding steroid dienone is 1. The molecule has 0 atom stereocenters. The molecule has 70 valence electrons. The van der Waals surface area contributed by atoms with Crippen LogP contribution in [0.5, 0.6) is 0 Å². The van der Waals surface area contributed by atoms with E-state index in [4.69, 9.17) is 4.84 Å². The highest BCUT2D eigenvalue weighted by atomic mass is 16.8. The molecule has 0 saturated carbocycles. The van der Waals surface area contributed by atoms with E-state index in [1.54, 1.807) is 0 Å². The van der Waals surface area contributed by atoms with Crippen LogP contribution in [0.1, 0.15) is 0 Å². The second-order valence-corrected chi connectivity index (χ2v) is 2.34. The minimum atomic E-state index is -0.444. The minimum Gasteiger partial charge on any atom is -0.465 e. The first-order chi connectivity index (χ1) is 6.24. The van der Waals surface area contributed by atoms with Crippen LogP contribution >= 0.6 is 0 Å². The third kappa shape index (κ3) is 1.97. The van der Waals surface area contributed by atoms with Crippen LogP contribution in [0.4, 0.5) is 0 Å². The Morgan fingerprint density at radius 1 is 1.54 bits per heavy atom. The minimum absolute atomic E-state index is 0.356. The molecule has 0 amide bonds. The highest BCUT2D eigenvalue weighted by Gasteiger charge is 2.25. The summed E-state index contributed by atoms with van der Waals surface area (Å²) in [5.74, 6) is -0.444. The summed E-state index contributed by atoms with van der Waals surface area (Å²) in [6, 6.07) is 0. The number of ether oxygens (including phenoxy) is 1. The summed E-state index contributed by atoms with van der Waals surface area (Å²) in [6.45, 7) is 7.56. The van der Waals surface area contributed by atoms with E-state index in [-0.39, 0.29) is 0 Å². The summed E-state index contributed by atoms with van der Waals surface area (Å²) in [5, 5.41) is 1.53. The fourth-order valence-electron chi connectivity index (χ4n) is 0.917. The van der Waals surface area contributed by atoms with Crippen molar-refractivity contribution in [2.24, 2.45) is 0 Å². The highest BCUT2D eigenvalue weighted by molar-refractivity contribution is 5.92. The fourth-order valence-corrected chi connectivity index (χ4v) is 0.917. The van der Waals surface area contributed by atoms with E-state index in [9.17, 15) is 4.79 Å². The van der Waals surface area contributed by atoms with E-state index in [2.05, 4.69) is 17.9 Å². The van der Waals surface area contributed by atoms with Crippen LogP contribution in [-0.2, 0) is 14.4 Å². The van der Waals surface area contributed by atoms with Crippen LogP contribution in [0.25, 0.3) is 0 Å². The molecule has 0 spiro atoms. The summed E-state index contributed by atoms with van der Waals surface area (Å²) in [7, 11) is 1.32. The number of nitrogens with zero attached hydrogens (tertiary/aromatic N) is 1. The van der Waals surface area contributed by atoms with Crippen LogP contribution in [0.15, 0.2) is 36.6 Å². The average Bonchev–Trinajstić information content (AvgIpc) is 2.96. The van der Waals surface area contributed by atoms with Gasteiger partial charge < -0.3 is 4.74 Å². The van der Waals surface area contributed by atoms with Crippen molar-refractivity contribution in [2.75, 3.05) is 13.8 Å². The smallest absolute Gasteiger partial charge is 0.340 e. The molecule has 1 fully saturated rings. The quantitative estimate of drug-likeness (QED) is 0.281. The van der Waals surface area contributed by atoms with Gasteiger partial charge in [0.2, 0.25) is 0 Å². The molecule has 1 aliphatic rings. The standard InChI is InChI=1S/C9H11NO3/c1-4-7(9(11)12-3)8(5-2)10-6-13-10/h4-5H,1-2,6H2,3H3/b8-7-. The monoisotopic (exact) mass is 181 g/mol. The van der Waals surface area contributed by atoms with Crippen molar-refractivity contribution in [1.82, 2.24) is 5.06 Å². The van der Waals surface area contributed by atoms with E-state index in [0.29, 0.717) is 18.0 Å². The molecule has 0 aromatic rings. The molecular formula is C9H11NO3. The number of rotatable bonds is 4. The Labute approximate surface area is 76.7 Å². The van der Waals surface area contributed by atoms with Gasteiger partial charge >= 0.3 is 5.97 Å². The van der Waals surface area contributed by atoms with E-state index in [1.807, 2.05) is 0 Å². The van der Waals surface area contributed by atoms with Gasteiger partial charge in [0.15, 0.2) is 6.73 Å². The topological polar surface area (TPSA) is 41.8 Å². The van der Waals surface area contributed by atoms with Crippen molar-refractivity contribution >= 4 is 5.97 Å². The molecule has 0 radical (unpaired) electrons. The zero-order chi connectivity index (χ0) is 9.84. The number of carbonyl (C=O) groups excluding carboxylic acids is 1. The van der Waals surface area contributed by atoms with Gasteiger partial charge in [-0.2, -0.15) is 0 Å². The van der Waals surface area contributed by atoms with Crippen molar-refractivity contribution in [3.05, 3.63) is 36.6 Å². The predicted octanol–water partition coefficient (Wildman–Crippen LogP) is 0.990. The molecule has 1 heterocycles. The van der Waals surface area contributed by atoms with Gasteiger partial charge in [0, 0.05) is 0 Å². The van der Waals surface area contributed by atoms with Gasteiger partial charge in [-0.1, -0.05) is 19.2 Å². The first-order valence-electron chi connectivity index (χ1n) is 3.72. The Morgan fingerprint density at radius 3 is 2.46 bits per heavy atom. The molecule has 13 heavy (non-hydrogen) atoms. The molecule has 4 nitrogen and oxygen atoms in total. The first-order valence-corrected chi connectivity index (χ1v) is 3.72. The maximum atomic E-state index is 11.2. The van der Waals surface area contributed by atoms with Gasteiger partial charge in [0.25, 0.3) is 0 Å². The third-order valence-corrected chi connectivity index (χ3v) is 1.61. The zero-order valence-corrected chi connectivity index (χ0v) is 7.45. The summed E-state index contributed by atoms with van der Waals surface area (Å²) < 4.78 is 4.57. The predicted molar refractivity (Wildman–Crippen MR) is 47.2 cm³/mol. The number of methoxy groups -OCH3 is 1. The van der Waals surface area contributed by atoms with Gasteiger partial charge in [-0.3, -0.25) is 0 Å². The zero-order valence-electron chi connectivity index (χ0n) is 7.45. The van der Waals surface area contributed by atoms with E-state index >= 15 is 0 Å².